The first-order valence-electron chi connectivity index (χ1n) is 7.62. The molecule has 0 aromatic carbocycles. The van der Waals surface area contributed by atoms with Crippen LogP contribution in [0.25, 0.3) is 20.4 Å². The van der Waals surface area contributed by atoms with Gasteiger partial charge in [0.25, 0.3) is 0 Å². The standard InChI is InChI=1S/C16H16N4OS2/c1-8-9-4-2-3-5-10(9)12-13-14(23-15(12)20-8)16(19-7-18-13)22-6-11(17)21/h7H,2-6H2,1H3,(H2,17,21). The number of aromatic nitrogens is 3. The molecule has 118 valence electrons. The molecule has 0 bridgehead atoms. The summed E-state index contributed by atoms with van der Waals surface area (Å²) < 4.78 is 1.01. The van der Waals surface area contributed by atoms with Gasteiger partial charge in [0, 0.05) is 11.1 Å². The molecule has 3 aromatic heterocycles. The third-order valence-corrected chi connectivity index (χ3v) is 6.47. The number of rotatable bonds is 3. The highest BCUT2D eigenvalue weighted by molar-refractivity contribution is 8.00. The Balaban J connectivity index is 1.98. The van der Waals surface area contributed by atoms with Gasteiger partial charge >= 0.3 is 0 Å². The second kappa shape index (κ2) is 5.72. The molecule has 3 aromatic rings. The topological polar surface area (TPSA) is 81.8 Å². The lowest BCUT2D eigenvalue weighted by Crippen LogP contribution is -2.13. The van der Waals surface area contributed by atoms with Gasteiger partial charge in [0.2, 0.25) is 5.91 Å². The third-order valence-electron chi connectivity index (χ3n) is 4.25. The van der Waals surface area contributed by atoms with E-state index in [2.05, 4.69) is 16.9 Å². The number of hydrogen-bond acceptors (Lipinski definition) is 6. The Morgan fingerprint density at radius 1 is 1.30 bits per heavy atom. The monoisotopic (exact) mass is 344 g/mol. The summed E-state index contributed by atoms with van der Waals surface area (Å²) >= 11 is 2.99. The van der Waals surface area contributed by atoms with E-state index in [9.17, 15) is 4.79 Å². The second-order valence-electron chi connectivity index (χ2n) is 5.76. The van der Waals surface area contributed by atoms with Gasteiger partial charge in [0.05, 0.1) is 16.0 Å². The van der Waals surface area contributed by atoms with E-state index in [4.69, 9.17) is 10.7 Å². The van der Waals surface area contributed by atoms with Crippen molar-refractivity contribution in [3.05, 3.63) is 23.1 Å². The van der Waals surface area contributed by atoms with Crippen LogP contribution in [0.1, 0.15) is 29.7 Å². The summed E-state index contributed by atoms with van der Waals surface area (Å²) in [5.41, 5.74) is 10.2. The van der Waals surface area contributed by atoms with E-state index in [1.54, 1.807) is 17.7 Å². The van der Waals surface area contributed by atoms with Gasteiger partial charge in [-0.1, -0.05) is 11.8 Å². The quantitative estimate of drug-likeness (QED) is 0.583. The number of thiophene rings is 1. The molecule has 23 heavy (non-hydrogen) atoms. The SMILES string of the molecule is Cc1nc2sc3c(SCC(N)=O)ncnc3c2c2c1CCCC2. The molecule has 0 aliphatic heterocycles. The van der Waals surface area contributed by atoms with Crippen molar-refractivity contribution in [3.8, 4) is 0 Å². The molecule has 1 aliphatic carbocycles. The van der Waals surface area contributed by atoms with Crippen LogP contribution in [0.5, 0.6) is 0 Å². The van der Waals surface area contributed by atoms with E-state index < -0.39 is 0 Å². The van der Waals surface area contributed by atoms with Crippen LogP contribution >= 0.6 is 23.1 Å². The molecule has 1 amide bonds. The third kappa shape index (κ3) is 2.48. The molecule has 2 N–H and O–H groups in total. The normalized spacial score (nSPS) is 14.3. The minimum absolute atomic E-state index is 0.227. The molecule has 4 rings (SSSR count). The lowest BCUT2D eigenvalue weighted by Gasteiger charge is -2.18. The van der Waals surface area contributed by atoms with E-state index in [1.807, 2.05) is 0 Å². The summed E-state index contributed by atoms with van der Waals surface area (Å²) in [7, 11) is 0. The summed E-state index contributed by atoms with van der Waals surface area (Å²) in [5, 5.41) is 2.01. The molecule has 3 heterocycles. The predicted octanol–water partition coefficient (Wildman–Crippen LogP) is 3.00. The number of carbonyl (C=O) groups excluding carboxylic acids is 1. The van der Waals surface area contributed by atoms with E-state index in [0.29, 0.717) is 0 Å². The maximum absolute atomic E-state index is 11.1. The molecule has 0 saturated carbocycles. The van der Waals surface area contributed by atoms with Crippen LogP contribution in [0.3, 0.4) is 0 Å². The fourth-order valence-corrected chi connectivity index (χ4v) is 5.29. The van der Waals surface area contributed by atoms with Crippen molar-refractivity contribution in [1.82, 2.24) is 15.0 Å². The molecule has 0 fully saturated rings. The molecular weight excluding hydrogens is 328 g/mol. The molecule has 0 saturated heterocycles. The highest BCUT2D eigenvalue weighted by atomic mass is 32.2. The van der Waals surface area contributed by atoms with E-state index in [1.165, 1.54) is 41.1 Å². The summed E-state index contributed by atoms with van der Waals surface area (Å²) in [6, 6.07) is 0. The molecule has 1 aliphatic rings. The van der Waals surface area contributed by atoms with E-state index in [-0.39, 0.29) is 11.7 Å². The minimum atomic E-state index is -0.339. The fraction of sp³-hybridized carbons (Fsp3) is 0.375. The van der Waals surface area contributed by atoms with Crippen LogP contribution in [0, 0.1) is 6.92 Å². The number of pyridine rings is 1. The van der Waals surface area contributed by atoms with Gasteiger partial charge in [-0.3, -0.25) is 4.79 Å². The van der Waals surface area contributed by atoms with Crippen LogP contribution < -0.4 is 5.73 Å². The zero-order valence-electron chi connectivity index (χ0n) is 12.8. The molecule has 0 spiro atoms. The lowest BCUT2D eigenvalue weighted by atomic mass is 9.89. The van der Waals surface area contributed by atoms with Crippen LogP contribution in [-0.4, -0.2) is 26.6 Å². The largest absolute Gasteiger partial charge is 0.369 e. The Labute approximate surface area is 141 Å². The minimum Gasteiger partial charge on any atom is -0.369 e. The van der Waals surface area contributed by atoms with Crippen molar-refractivity contribution in [2.75, 3.05) is 5.75 Å². The lowest BCUT2D eigenvalue weighted by molar-refractivity contribution is -0.115. The predicted molar refractivity (Wildman–Crippen MR) is 94.0 cm³/mol. The summed E-state index contributed by atoms with van der Waals surface area (Å²) in [5.74, 6) is -0.112. The van der Waals surface area contributed by atoms with E-state index in [0.717, 1.165) is 38.6 Å². The second-order valence-corrected chi connectivity index (χ2v) is 7.72. The first kappa shape index (κ1) is 14.8. The van der Waals surface area contributed by atoms with Crippen molar-refractivity contribution in [3.63, 3.8) is 0 Å². The van der Waals surface area contributed by atoms with Crippen molar-refractivity contribution >= 4 is 49.4 Å². The number of amides is 1. The van der Waals surface area contributed by atoms with Crippen molar-refractivity contribution in [1.29, 1.82) is 0 Å². The highest BCUT2D eigenvalue weighted by Gasteiger charge is 2.21. The fourth-order valence-electron chi connectivity index (χ4n) is 3.27. The number of fused-ring (bicyclic) bond motifs is 5. The van der Waals surface area contributed by atoms with Gasteiger partial charge in [-0.15, -0.1) is 11.3 Å². The molecule has 7 heteroatoms. The zero-order valence-corrected chi connectivity index (χ0v) is 14.4. The molecule has 0 unspecified atom stereocenters. The number of primary amides is 1. The maximum Gasteiger partial charge on any atom is 0.227 e. The van der Waals surface area contributed by atoms with Crippen molar-refractivity contribution < 1.29 is 4.79 Å². The Bertz CT molecular complexity index is 935. The Kier molecular flexibility index (Phi) is 3.69. The summed E-state index contributed by atoms with van der Waals surface area (Å²) in [4.78, 5) is 25.8. The van der Waals surface area contributed by atoms with Crippen molar-refractivity contribution in [2.24, 2.45) is 5.73 Å². The smallest absolute Gasteiger partial charge is 0.227 e. The summed E-state index contributed by atoms with van der Waals surface area (Å²) in [6.07, 6.45) is 6.23. The number of nitrogens with two attached hydrogens (primary N) is 1. The first-order valence-corrected chi connectivity index (χ1v) is 9.42. The highest BCUT2D eigenvalue weighted by Crippen LogP contribution is 2.41. The first-order chi connectivity index (χ1) is 11.1. The number of hydrogen-bond donors (Lipinski definition) is 1. The number of nitrogens with zero attached hydrogens (tertiary/aromatic N) is 3. The van der Waals surface area contributed by atoms with Crippen LogP contribution in [0.15, 0.2) is 11.4 Å². The Hall–Kier alpha value is -1.73. The van der Waals surface area contributed by atoms with Gasteiger partial charge in [0.1, 0.15) is 16.2 Å². The van der Waals surface area contributed by atoms with E-state index >= 15 is 0 Å². The zero-order chi connectivity index (χ0) is 16.0. The van der Waals surface area contributed by atoms with Gasteiger partial charge in [0.15, 0.2) is 0 Å². The summed E-state index contributed by atoms with van der Waals surface area (Å²) in [6.45, 7) is 2.10. The molecule has 0 radical (unpaired) electrons. The Morgan fingerprint density at radius 2 is 2.09 bits per heavy atom. The molecule has 0 atom stereocenters. The maximum atomic E-state index is 11.1. The van der Waals surface area contributed by atoms with Crippen LogP contribution in [0.4, 0.5) is 0 Å². The van der Waals surface area contributed by atoms with Crippen LogP contribution in [-0.2, 0) is 17.6 Å². The van der Waals surface area contributed by atoms with Gasteiger partial charge in [-0.25, -0.2) is 15.0 Å². The number of aryl methyl sites for hydroxylation is 2. The van der Waals surface area contributed by atoms with Crippen molar-refractivity contribution in [2.45, 2.75) is 37.6 Å². The average molecular weight is 344 g/mol. The molecular formula is C16H16N4OS2. The average Bonchev–Trinajstić information content (AvgIpc) is 2.92. The van der Waals surface area contributed by atoms with Gasteiger partial charge in [-0.2, -0.15) is 0 Å². The van der Waals surface area contributed by atoms with Crippen LogP contribution in [0.2, 0.25) is 0 Å². The van der Waals surface area contributed by atoms with Gasteiger partial charge in [-0.05, 0) is 43.7 Å². The number of carbonyl (C=O) groups is 1. The van der Waals surface area contributed by atoms with Gasteiger partial charge < -0.3 is 5.73 Å². The Morgan fingerprint density at radius 3 is 2.87 bits per heavy atom. The number of thioether (sulfide) groups is 1. The molecule has 5 nitrogen and oxygen atoms in total.